The molecule has 1 fully saturated rings. The normalized spacial score (nSPS) is 27.9. The van der Waals surface area contributed by atoms with Crippen molar-refractivity contribution in [3.05, 3.63) is 29.3 Å². The predicted octanol–water partition coefficient (Wildman–Crippen LogP) is 4.26. The molecule has 0 spiro atoms. The summed E-state index contributed by atoms with van der Waals surface area (Å²) in [4.78, 5) is 0. The summed E-state index contributed by atoms with van der Waals surface area (Å²) in [6.07, 6.45) is 0.767. The van der Waals surface area contributed by atoms with Crippen LogP contribution in [0.15, 0.2) is 18.2 Å². The van der Waals surface area contributed by atoms with Crippen molar-refractivity contribution in [2.45, 2.75) is 57.9 Å². The standard InChI is InChI=1S/C17H24FNO/c1-16(2)10-13(17(3,4)20-16)14(18)12-7-5-6-11-8-9-19-15(11)12/h5-7,13-14,19H,8-10H2,1-4H3. The summed E-state index contributed by atoms with van der Waals surface area (Å²) in [5, 5.41) is 3.34. The molecule has 110 valence electrons. The molecule has 1 saturated heterocycles. The topological polar surface area (TPSA) is 21.3 Å². The first-order valence-electron chi connectivity index (χ1n) is 7.50. The van der Waals surface area contributed by atoms with Crippen molar-refractivity contribution in [1.82, 2.24) is 0 Å². The number of nitrogens with one attached hydrogen (secondary N) is 1. The number of alkyl halides is 1. The molecule has 3 heteroatoms. The van der Waals surface area contributed by atoms with Crippen LogP contribution in [0.25, 0.3) is 0 Å². The Balaban J connectivity index is 1.94. The van der Waals surface area contributed by atoms with E-state index in [9.17, 15) is 0 Å². The zero-order valence-corrected chi connectivity index (χ0v) is 12.8. The zero-order chi connectivity index (χ0) is 14.5. The molecule has 2 heterocycles. The van der Waals surface area contributed by atoms with E-state index < -0.39 is 11.8 Å². The van der Waals surface area contributed by atoms with Gasteiger partial charge in [0.25, 0.3) is 0 Å². The van der Waals surface area contributed by atoms with Crippen LogP contribution in [-0.2, 0) is 11.2 Å². The fraction of sp³-hybridized carbons (Fsp3) is 0.647. The Morgan fingerprint density at radius 2 is 2.05 bits per heavy atom. The molecule has 0 bridgehead atoms. The number of para-hydroxylation sites is 1. The van der Waals surface area contributed by atoms with Gasteiger partial charge in [0.2, 0.25) is 0 Å². The van der Waals surface area contributed by atoms with Gasteiger partial charge in [-0.25, -0.2) is 4.39 Å². The molecule has 0 saturated carbocycles. The summed E-state index contributed by atoms with van der Waals surface area (Å²) < 4.78 is 21.3. The third-order valence-electron chi connectivity index (χ3n) is 4.67. The summed E-state index contributed by atoms with van der Waals surface area (Å²) in [6, 6.07) is 5.98. The van der Waals surface area contributed by atoms with Gasteiger partial charge in [0.15, 0.2) is 0 Å². The van der Waals surface area contributed by atoms with Crippen LogP contribution in [0, 0.1) is 5.92 Å². The fourth-order valence-corrected chi connectivity index (χ4v) is 3.87. The van der Waals surface area contributed by atoms with E-state index in [1.807, 2.05) is 26.0 Å². The average Bonchev–Trinajstić information content (AvgIpc) is 2.89. The van der Waals surface area contributed by atoms with Crippen LogP contribution in [0.5, 0.6) is 0 Å². The molecule has 2 unspecified atom stereocenters. The summed E-state index contributed by atoms with van der Waals surface area (Å²) in [5.74, 6) is -0.105. The molecule has 20 heavy (non-hydrogen) atoms. The third-order valence-corrected chi connectivity index (χ3v) is 4.67. The summed E-state index contributed by atoms with van der Waals surface area (Å²) in [5.41, 5.74) is 2.38. The third kappa shape index (κ3) is 2.22. The van der Waals surface area contributed by atoms with Gasteiger partial charge in [0.05, 0.1) is 11.2 Å². The van der Waals surface area contributed by atoms with E-state index in [1.54, 1.807) is 0 Å². The van der Waals surface area contributed by atoms with Gasteiger partial charge in [0.1, 0.15) is 6.17 Å². The van der Waals surface area contributed by atoms with Crippen molar-refractivity contribution in [2.24, 2.45) is 5.92 Å². The van der Waals surface area contributed by atoms with Crippen molar-refractivity contribution in [3.63, 3.8) is 0 Å². The van der Waals surface area contributed by atoms with E-state index in [0.29, 0.717) is 0 Å². The van der Waals surface area contributed by atoms with E-state index in [-0.39, 0.29) is 11.5 Å². The van der Waals surface area contributed by atoms with Gasteiger partial charge in [-0.3, -0.25) is 0 Å². The van der Waals surface area contributed by atoms with Crippen LogP contribution < -0.4 is 5.32 Å². The number of anilines is 1. The van der Waals surface area contributed by atoms with Crippen LogP contribution in [0.3, 0.4) is 0 Å². The quantitative estimate of drug-likeness (QED) is 0.872. The van der Waals surface area contributed by atoms with Crippen LogP contribution >= 0.6 is 0 Å². The Bertz CT molecular complexity index is 524. The molecule has 0 aromatic heterocycles. The number of halogens is 1. The van der Waals surface area contributed by atoms with Gasteiger partial charge < -0.3 is 10.1 Å². The van der Waals surface area contributed by atoms with Crippen LogP contribution in [-0.4, -0.2) is 17.7 Å². The lowest BCUT2D eigenvalue weighted by molar-refractivity contribution is -0.0817. The minimum atomic E-state index is -0.979. The first-order chi connectivity index (χ1) is 9.30. The van der Waals surface area contributed by atoms with Crippen LogP contribution in [0.4, 0.5) is 10.1 Å². The van der Waals surface area contributed by atoms with Crippen LogP contribution in [0.2, 0.25) is 0 Å². The minimum Gasteiger partial charge on any atom is -0.384 e. The number of ether oxygens (including phenoxy) is 1. The first kappa shape index (κ1) is 13.9. The smallest absolute Gasteiger partial charge is 0.133 e. The van der Waals surface area contributed by atoms with Crippen molar-refractivity contribution in [1.29, 1.82) is 0 Å². The van der Waals surface area contributed by atoms with E-state index in [1.165, 1.54) is 5.56 Å². The molecule has 0 amide bonds. The van der Waals surface area contributed by atoms with Gasteiger partial charge in [-0.2, -0.15) is 0 Å². The Morgan fingerprint density at radius 1 is 1.30 bits per heavy atom. The number of hydrogen-bond acceptors (Lipinski definition) is 2. The second-order valence-corrected chi connectivity index (χ2v) is 7.24. The Morgan fingerprint density at radius 3 is 2.70 bits per heavy atom. The number of hydrogen-bond donors (Lipinski definition) is 1. The van der Waals surface area contributed by atoms with Gasteiger partial charge in [-0.05, 0) is 46.1 Å². The maximum absolute atomic E-state index is 15.2. The van der Waals surface area contributed by atoms with Gasteiger partial charge >= 0.3 is 0 Å². The molecule has 1 aromatic rings. The average molecular weight is 277 g/mol. The summed E-state index contributed by atoms with van der Waals surface area (Å²) in [7, 11) is 0. The molecule has 2 nitrogen and oxygen atoms in total. The van der Waals surface area contributed by atoms with E-state index in [2.05, 4.69) is 25.2 Å². The highest BCUT2D eigenvalue weighted by atomic mass is 19.1. The predicted molar refractivity (Wildman–Crippen MR) is 79.8 cm³/mol. The Labute approximate surface area is 120 Å². The zero-order valence-electron chi connectivity index (χ0n) is 12.8. The SMILES string of the molecule is CC1(C)CC(C(F)c2cccc3c2NCC3)C(C)(C)O1. The molecule has 1 aromatic carbocycles. The summed E-state index contributed by atoms with van der Waals surface area (Å²) in [6.45, 7) is 9.03. The van der Waals surface area contributed by atoms with E-state index in [4.69, 9.17) is 4.74 Å². The highest BCUT2D eigenvalue weighted by Gasteiger charge is 2.50. The van der Waals surface area contributed by atoms with Crippen molar-refractivity contribution < 1.29 is 9.13 Å². The van der Waals surface area contributed by atoms with Crippen molar-refractivity contribution in [2.75, 3.05) is 11.9 Å². The largest absolute Gasteiger partial charge is 0.384 e. The minimum absolute atomic E-state index is 0.105. The number of fused-ring (bicyclic) bond motifs is 1. The van der Waals surface area contributed by atoms with Gasteiger partial charge in [-0.1, -0.05) is 18.2 Å². The molecule has 2 aliphatic heterocycles. The fourth-order valence-electron chi connectivity index (χ4n) is 3.87. The lowest BCUT2D eigenvalue weighted by Crippen LogP contribution is -2.31. The second-order valence-electron chi connectivity index (χ2n) is 7.24. The first-order valence-corrected chi connectivity index (χ1v) is 7.50. The van der Waals surface area contributed by atoms with Gasteiger partial charge in [-0.15, -0.1) is 0 Å². The Hall–Kier alpha value is -1.09. The molecular formula is C17H24FNO. The molecule has 1 N–H and O–H groups in total. The maximum atomic E-state index is 15.2. The van der Waals surface area contributed by atoms with E-state index in [0.717, 1.165) is 30.6 Å². The molecule has 2 atom stereocenters. The molecule has 2 aliphatic rings. The van der Waals surface area contributed by atoms with E-state index >= 15 is 4.39 Å². The number of benzene rings is 1. The molecular weight excluding hydrogens is 253 g/mol. The second kappa shape index (κ2) is 4.45. The summed E-state index contributed by atoms with van der Waals surface area (Å²) >= 11 is 0. The van der Waals surface area contributed by atoms with Crippen LogP contribution in [0.1, 0.15) is 51.4 Å². The highest BCUT2D eigenvalue weighted by molar-refractivity contribution is 5.62. The van der Waals surface area contributed by atoms with Crippen molar-refractivity contribution in [3.8, 4) is 0 Å². The highest BCUT2D eigenvalue weighted by Crippen LogP contribution is 2.50. The van der Waals surface area contributed by atoms with Crippen molar-refractivity contribution >= 4 is 5.69 Å². The molecule has 0 radical (unpaired) electrons. The maximum Gasteiger partial charge on any atom is 0.133 e. The van der Waals surface area contributed by atoms with Gasteiger partial charge in [0, 0.05) is 23.7 Å². The molecule has 0 aliphatic carbocycles. The lowest BCUT2D eigenvalue weighted by atomic mass is 9.80. The monoisotopic (exact) mass is 277 g/mol. The Kier molecular flexibility index (Phi) is 3.09. The molecule has 3 rings (SSSR count). The number of rotatable bonds is 2. The lowest BCUT2D eigenvalue weighted by Gasteiger charge is -2.30.